The summed E-state index contributed by atoms with van der Waals surface area (Å²) >= 11 is 0. The second kappa shape index (κ2) is 4.79. The van der Waals surface area contributed by atoms with Gasteiger partial charge in [-0.2, -0.15) is 0 Å². The largest absolute Gasteiger partial charge is 0.306 e. The molecule has 1 aromatic rings. The third-order valence-corrected chi connectivity index (χ3v) is 3.79. The van der Waals surface area contributed by atoms with E-state index in [4.69, 9.17) is 0 Å². The monoisotopic (exact) mass is 232 g/mol. The molecule has 2 nitrogen and oxygen atoms in total. The van der Waals surface area contributed by atoms with E-state index < -0.39 is 0 Å². The van der Waals surface area contributed by atoms with Gasteiger partial charge in [-0.05, 0) is 58.5 Å². The Balaban J connectivity index is 2.35. The van der Waals surface area contributed by atoms with Crippen molar-refractivity contribution in [2.75, 3.05) is 26.7 Å². The molecular weight excluding hydrogens is 208 g/mol. The SMILES string of the molecule is Cc1ccc(C2(C)CN(C)CCCN2)c(C)c1. The zero-order chi connectivity index (χ0) is 12.5. The van der Waals surface area contributed by atoms with Gasteiger partial charge in [0.1, 0.15) is 0 Å². The summed E-state index contributed by atoms with van der Waals surface area (Å²) in [7, 11) is 2.22. The second-order valence-electron chi connectivity index (χ2n) is 5.67. The fourth-order valence-corrected chi connectivity index (χ4v) is 3.00. The maximum atomic E-state index is 3.72. The normalized spacial score (nSPS) is 26.8. The Hall–Kier alpha value is -0.860. The van der Waals surface area contributed by atoms with Crippen LogP contribution in [-0.2, 0) is 5.54 Å². The average molecular weight is 232 g/mol. The van der Waals surface area contributed by atoms with E-state index in [1.807, 2.05) is 0 Å². The van der Waals surface area contributed by atoms with Crippen LogP contribution < -0.4 is 5.32 Å². The molecular formula is C15H24N2. The molecule has 0 spiro atoms. The molecule has 0 radical (unpaired) electrons. The van der Waals surface area contributed by atoms with E-state index in [0.717, 1.165) is 13.1 Å². The van der Waals surface area contributed by atoms with Crippen LogP contribution in [0.4, 0.5) is 0 Å². The molecule has 0 aliphatic carbocycles. The number of aryl methyl sites for hydroxylation is 2. The van der Waals surface area contributed by atoms with Crippen LogP contribution in [-0.4, -0.2) is 31.6 Å². The van der Waals surface area contributed by atoms with Gasteiger partial charge in [0.25, 0.3) is 0 Å². The average Bonchev–Trinajstić information content (AvgIpc) is 2.40. The van der Waals surface area contributed by atoms with Crippen LogP contribution >= 0.6 is 0 Å². The van der Waals surface area contributed by atoms with Crippen LogP contribution in [0.15, 0.2) is 18.2 Å². The van der Waals surface area contributed by atoms with Gasteiger partial charge in [0.15, 0.2) is 0 Å². The predicted molar refractivity (Wildman–Crippen MR) is 73.4 cm³/mol. The summed E-state index contributed by atoms with van der Waals surface area (Å²) in [5, 5.41) is 3.72. The molecule has 0 bridgehead atoms. The molecule has 1 aromatic carbocycles. The van der Waals surface area contributed by atoms with Gasteiger partial charge in [0, 0.05) is 6.54 Å². The summed E-state index contributed by atoms with van der Waals surface area (Å²) in [6.45, 7) is 10.1. The van der Waals surface area contributed by atoms with Crippen LogP contribution in [0.25, 0.3) is 0 Å². The third kappa shape index (κ3) is 2.70. The Morgan fingerprint density at radius 1 is 1.29 bits per heavy atom. The lowest BCUT2D eigenvalue weighted by atomic mass is 9.87. The number of hydrogen-bond acceptors (Lipinski definition) is 2. The molecule has 1 fully saturated rings. The molecule has 2 rings (SSSR count). The first-order valence-electron chi connectivity index (χ1n) is 6.52. The van der Waals surface area contributed by atoms with Crippen LogP contribution in [0.1, 0.15) is 30.0 Å². The van der Waals surface area contributed by atoms with E-state index in [-0.39, 0.29) is 5.54 Å². The van der Waals surface area contributed by atoms with Gasteiger partial charge in [-0.15, -0.1) is 0 Å². The minimum atomic E-state index is 0.0863. The Morgan fingerprint density at radius 2 is 2.06 bits per heavy atom. The third-order valence-electron chi connectivity index (χ3n) is 3.79. The minimum absolute atomic E-state index is 0.0863. The molecule has 1 heterocycles. The van der Waals surface area contributed by atoms with Gasteiger partial charge >= 0.3 is 0 Å². The molecule has 1 atom stereocenters. The van der Waals surface area contributed by atoms with Crippen molar-refractivity contribution >= 4 is 0 Å². The molecule has 2 heteroatoms. The maximum Gasteiger partial charge on any atom is 0.0537 e. The molecule has 0 aromatic heterocycles. The number of nitrogens with zero attached hydrogens (tertiary/aromatic N) is 1. The first-order chi connectivity index (χ1) is 8.01. The topological polar surface area (TPSA) is 15.3 Å². The lowest BCUT2D eigenvalue weighted by Crippen LogP contribution is -2.46. The molecule has 1 aliphatic rings. The summed E-state index contributed by atoms with van der Waals surface area (Å²) in [4.78, 5) is 2.43. The lowest BCUT2D eigenvalue weighted by molar-refractivity contribution is 0.258. The van der Waals surface area contributed by atoms with Crippen LogP contribution in [0, 0.1) is 13.8 Å². The van der Waals surface area contributed by atoms with Gasteiger partial charge in [-0.1, -0.05) is 23.8 Å². The highest BCUT2D eigenvalue weighted by molar-refractivity contribution is 5.36. The molecule has 1 N–H and O–H groups in total. The molecule has 1 aliphatic heterocycles. The van der Waals surface area contributed by atoms with Crippen molar-refractivity contribution < 1.29 is 0 Å². The first kappa shape index (κ1) is 12.6. The van der Waals surface area contributed by atoms with Crippen LogP contribution in [0.2, 0.25) is 0 Å². The van der Waals surface area contributed by atoms with E-state index >= 15 is 0 Å². The quantitative estimate of drug-likeness (QED) is 0.800. The number of likely N-dealkylation sites (N-methyl/N-ethyl adjacent to an activating group) is 1. The molecule has 1 unspecified atom stereocenters. The lowest BCUT2D eigenvalue weighted by Gasteiger charge is -2.34. The molecule has 0 saturated carbocycles. The van der Waals surface area contributed by atoms with Gasteiger partial charge in [-0.3, -0.25) is 0 Å². The Kier molecular flexibility index (Phi) is 3.55. The number of nitrogens with one attached hydrogen (secondary N) is 1. The zero-order valence-electron chi connectivity index (χ0n) is 11.5. The van der Waals surface area contributed by atoms with Crippen molar-refractivity contribution in [3.05, 3.63) is 34.9 Å². The first-order valence-corrected chi connectivity index (χ1v) is 6.52. The summed E-state index contributed by atoms with van der Waals surface area (Å²) in [6, 6.07) is 6.80. The standard InChI is InChI=1S/C15H24N2/c1-12-6-7-14(13(2)10-12)15(3)11-17(4)9-5-8-16-15/h6-7,10,16H,5,8-9,11H2,1-4H3. The van der Waals surface area contributed by atoms with Gasteiger partial charge < -0.3 is 10.2 Å². The van der Waals surface area contributed by atoms with Crippen molar-refractivity contribution in [1.82, 2.24) is 10.2 Å². The number of rotatable bonds is 1. The van der Waals surface area contributed by atoms with Crippen molar-refractivity contribution in [1.29, 1.82) is 0 Å². The van der Waals surface area contributed by atoms with Crippen molar-refractivity contribution in [2.24, 2.45) is 0 Å². The van der Waals surface area contributed by atoms with E-state index in [9.17, 15) is 0 Å². The van der Waals surface area contributed by atoms with Crippen LogP contribution in [0.3, 0.4) is 0 Å². The van der Waals surface area contributed by atoms with E-state index in [1.54, 1.807) is 0 Å². The van der Waals surface area contributed by atoms with Crippen molar-refractivity contribution in [3.63, 3.8) is 0 Å². The van der Waals surface area contributed by atoms with Crippen molar-refractivity contribution in [3.8, 4) is 0 Å². The fourth-order valence-electron chi connectivity index (χ4n) is 3.00. The van der Waals surface area contributed by atoms with E-state index in [1.165, 1.54) is 29.7 Å². The summed E-state index contributed by atoms with van der Waals surface area (Å²) < 4.78 is 0. The smallest absolute Gasteiger partial charge is 0.0537 e. The highest BCUT2D eigenvalue weighted by atomic mass is 15.2. The Morgan fingerprint density at radius 3 is 2.76 bits per heavy atom. The zero-order valence-corrected chi connectivity index (χ0v) is 11.5. The summed E-state index contributed by atoms with van der Waals surface area (Å²) in [6.07, 6.45) is 1.23. The molecule has 94 valence electrons. The Bertz CT molecular complexity index is 400. The molecule has 17 heavy (non-hydrogen) atoms. The summed E-state index contributed by atoms with van der Waals surface area (Å²) in [5.41, 5.74) is 4.27. The fraction of sp³-hybridized carbons (Fsp3) is 0.600. The maximum absolute atomic E-state index is 3.72. The van der Waals surface area contributed by atoms with E-state index in [2.05, 4.69) is 56.2 Å². The predicted octanol–water partition coefficient (Wildman–Crippen LogP) is 2.44. The number of benzene rings is 1. The van der Waals surface area contributed by atoms with Crippen LogP contribution in [0.5, 0.6) is 0 Å². The highest BCUT2D eigenvalue weighted by Crippen LogP contribution is 2.27. The van der Waals surface area contributed by atoms with Gasteiger partial charge in [0.05, 0.1) is 5.54 Å². The van der Waals surface area contributed by atoms with Gasteiger partial charge in [-0.25, -0.2) is 0 Å². The Labute approximate surface area is 105 Å². The van der Waals surface area contributed by atoms with Gasteiger partial charge in [0.2, 0.25) is 0 Å². The van der Waals surface area contributed by atoms with Crippen molar-refractivity contribution in [2.45, 2.75) is 32.7 Å². The number of hydrogen-bond donors (Lipinski definition) is 1. The minimum Gasteiger partial charge on any atom is -0.306 e. The molecule has 1 saturated heterocycles. The second-order valence-corrected chi connectivity index (χ2v) is 5.67. The molecule has 0 amide bonds. The summed E-state index contributed by atoms with van der Waals surface area (Å²) in [5.74, 6) is 0. The highest BCUT2D eigenvalue weighted by Gasteiger charge is 2.30. The van der Waals surface area contributed by atoms with E-state index in [0.29, 0.717) is 0 Å².